The predicted molar refractivity (Wildman–Crippen MR) is 124 cm³/mol. The molecule has 1 amide bonds. The zero-order valence-electron chi connectivity index (χ0n) is 19.7. The number of likely N-dealkylation sites (N-methyl/N-ethyl adjacent to an activating group) is 1. The molecule has 7 heteroatoms. The normalized spacial score (nSPS) is 33.4. The number of pyridine rings is 1. The number of hydrogen-bond acceptors (Lipinski definition) is 5. The summed E-state index contributed by atoms with van der Waals surface area (Å²) in [4.78, 5) is 31.5. The third-order valence-corrected chi connectivity index (χ3v) is 9.12. The van der Waals surface area contributed by atoms with Gasteiger partial charge in [-0.2, -0.15) is 0 Å². The molecule has 5 unspecified atom stereocenters. The lowest BCUT2D eigenvalue weighted by molar-refractivity contribution is -0.144. The van der Waals surface area contributed by atoms with E-state index in [0.717, 1.165) is 35.6 Å². The molecular weight excluding hydrogens is 416 g/mol. The molecule has 2 aromatic heterocycles. The SMILES string of the molecule is CCOC(=O)CN(C)Cc1cn2c(C(=O)NCC34CC5CC6CC(C3)C6(C5)C4)cccc2n1. The molecule has 0 aromatic carbocycles. The van der Waals surface area contributed by atoms with Gasteiger partial charge in [0.1, 0.15) is 11.3 Å². The van der Waals surface area contributed by atoms with Gasteiger partial charge in [-0.3, -0.25) is 18.9 Å². The van der Waals surface area contributed by atoms with E-state index in [1.54, 1.807) is 6.92 Å². The van der Waals surface area contributed by atoms with Crippen LogP contribution in [0.3, 0.4) is 0 Å². The Morgan fingerprint density at radius 2 is 2.12 bits per heavy atom. The first-order chi connectivity index (χ1) is 15.9. The van der Waals surface area contributed by atoms with E-state index in [1.165, 1.54) is 38.5 Å². The second-order valence-corrected chi connectivity index (χ2v) is 11.3. The maximum absolute atomic E-state index is 13.3. The van der Waals surface area contributed by atoms with E-state index in [0.29, 0.717) is 29.7 Å². The lowest BCUT2D eigenvalue weighted by Gasteiger charge is -2.49. The number of hydrogen-bond donors (Lipinski definition) is 1. The van der Waals surface area contributed by atoms with Gasteiger partial charge in [0.25, 0.3) is 5.91 Å². The smallest absolute Gasteiger partial charge is 0.320 e. The number of ether oxygens (including phenoxy) is 1. The molecule has 5 atom stereocenters. The topological polar surface area (TPSA) is 75.9 Å². The molecule has 4 aliphatic rings. The molecule has 0 aliphatic heterocycles. The molecular formula is C26H34N4O3. The standard InChI is InChI=1S/C26H34N4O3/c1-3-33-23(31)14-29(2)12-20-13-30-21(5-4-6-22(30)28-20)24(32)27-16-25-9-17-7-18-8-19(11-25)26(18,10-17)15-25/h4-6,13,17-19H,3,7-12,14-16H2,1-2H3,(H,27,32). The summed E-state index contributed by atoms with van der Waals surface area (Å²) >= 11 is 0. The van der Waals surface area contributed by atoms with Crippen molar-refractivity contribution in [3.63, 3.8) is 0 Å². The Hall–Kier alpha value is -2.41. The molecule has 0 radical (unpaired) electrons. The quantitative estimate of drug-likeness (QED) is 0.625. The summed E-state index contributed by atoms with van der Waals surface area (Å²) in [7, 11) is 1.87. The number of carbonyl (C=O) groups is 2. The first kappa shape index (κ1) is 21.1. The van der Waals surface area contributed by atoms with Crippen molar-refractivity contribution in [1.29, 1.82) is 0 Å². The first-order valence-electron chi connectivity index (χ1n) is 12.5. The Morgan fingerprint density at radius 1 is 1.24 bits per heavy atom. The highest BCUT2D eigenvalue weighted by atomic mass is 16.5. The molecule has 7 nitrogen and oxygen atoms in total. The number of rotatable bonds is 8. The molecule has 1 N–H and O–H groups in total. The second kappa shape index (κ2) is 7.55. The fraction of sp³-hybridized carbons (Fsp3) is 0.654. The summed E-state index contributed by atoms with van der Waals surface area (Å²) in [6, 6.07) is 5.67. The number of fused-ring (bicyclic) bond motifs is 3. The number of aromatic nitrogens is 2. The van der Waals surface area contributed by atoms with Crippen LogP contribution in [0.25, 0.3) is 5.65 Å². The third-order valence-electron chi connectivity index (χ3n) is 9.12. The van der Waals surface area contributed by atoms with Gasteiger partial charge in [-0.25, -0.2) is 4.98 Å². The van der Waals surface area contributed by atoms with Crippen molar-refractivity contribution in [1.82, 2.24) is 19.6 Å². The van der Waals surface area contributed by atoms with Crippen LogP contribution in [-0.4, -0.2) is 52.9 Å². The van der Waals surface area contributed by atoms with E-state index in [2.05, 4.69) is 10.3 Å². The van der Waals surface area contributed by atoms with Gasteiger partial charge in [0, 0.05) is 19.3 Å². The summed E-state index contributed by atoms with van der Waals surface area (Å²) in [5, 5.41) is 3.31. The van der Waals surface area contributed by atoms with Gasteiger partial charge in [-0.1, -0.05) is 6.07 Å². The maximum atomic E-state index is 13.3. The Balaban J connectivity index is 1.14. The van der Waals surface area contributed by atoms with Crippen LogP contribution >= 0.6 is 0 Å². The predicted octanol–water partition coefficient (Wildman–Crippen LogP) is 3.28. The summed E-state index contributed by atoms with van der Waals surface area (Å²) < 4.78 is 6.90. The largest absolute Gasteiger partial charge is 0.465 e. The molecule has 4 aliphatic carbocycles. The first-order valence-corrected chi connectivity index (χ1v) is 12.5. The van der Waals surface area contributed by atoms with Crippen molar-refractivity contribution in [3.05, 3.63) is 35.8 Å². The minimum Gasteiger partial charge on any atom is -0.465 e. The van der Waals surface area contributed by atoms with Crippen LogP contribution in [0.4, 0.5) is 0 Å². The van der Waals surface area contributed by atoms with E-state index < -0.39 is 0 Å². The van der Waals surface area contributed by atoms with E-state index in [4.69, 9.17) is 4.74 Å². The third kappa shape index (κ3) is 3.38. The molecule has 3 bridgehead atoms. The molecule has 2 aromatic rings. The summed E-state index contributed by atoms with van der Waals surface area (Å²) in [5.41, 5.74) is 3.14. The van der Waals surface area contributed by atoms with Crippen molar-refractivity contribution in [2.24, 2.45) is 28.6 Å². The maximum Gasteiger partial charge on any atom is 0.320 e. The van der Waals surface area contributed by atoms with Crippen LogP contribution in [0.15, 0.2) is 24.4 Å². The second-order valence-electron chi connectivity index (χ2n) is 11.3. The van der Waals surface area contributed by atoms with Gasteiger partial charge in [0.05, 0.1) is 18.8 Å². The number of esters is 1. The van der Waals surface area contributed by atoms with E-state index in [-0.39, 0.29) is 18.4 Å². The number of nitrogens with one attached hydrogen (secondary N) is 1. The highest BCUT2D eigenvalue weighted by molar-refractivity contribution is 5.93. The van der Waals surface area contributed by atoms with Crippen LogP contribution in [0.2, 0.25) is 0 Å². The molecule has 176 valence electrons. The van der Waals surface area contributed by atoms with Crippen LogP contribution in [0.1, 0.15) is 61.6 Å². The highest BCUT2D eigenvalue weighted by Crippen LogP contribution is 2.78. The van der Waals surface area contributed by atoms with Gasteiger partial charge < -0.3 is 10.1 Å². The van der Waals surface area contributed by atoms with Crippen LogP contribution < -0.4 is 5.32 Å². The van der Waals surface area contributed by atoms with Crippen LogP contribution in [-0.2, 0) is 16.1 Å². The Morgan fingerprint density at radius 3 is 2.97 bits per heavy atom. The minimum absolute atomic E-state index is 0.0231. The van der Waals surface area contributed by atoms with Gasteiger partial charge >= 0.3 is 5.97 Å². The molecule has 4 saturated carbocycles. The van der Waals surface area contributed by atoms with Crippen molar-refractivity contribution in [2.75, 3.05) is 26.7 Å². The molecule has 0 saturated heterocycles. The Labute approximate surface area is 194 Å². The molecule has 2 heterocycles. The summed E-state index contributed by atoms with van der Waals surface area (Å²) in [6.45, 7) is 3.70. The lowest BCUT2D eigenvalue weighted by atomic mass is 9.55. The van der Waals surface area contributed by atoms with Crippen molar-refractivity contribution in [2.45, 2.75) is 52.0 Å². The fourth-order valence-electron chi connectivity index (χ4n) is 8.18. The molecule has 33 heavy (non-hydrogen) atoms. The highest BCUT2D eigenvalue weighted by Gasteiger charge is 2.70. The minimum atomic E-state index is -0.245. The number of nitrogens with zero attached hydrogens (tertiary/aromatic N) is 3. The number of carbonyl (C=O) groups excluding carboxylic acids is 2. The molecule has 6 rings (SSSR count). The number of amides is 1. The zero-order valence-corrected chi connectivity index (χ0v) is 19.7. The molecule has 4 fully saturated rings. The lowest BCUT2D eigenvalue weighted by Crippen LogP contribution is -2.43. The van der Waals surface area contributed by atoms with E-state index in [9.17, 15) is 9.59 Å². The van der Waals surface area contributed by atoms with E-state index in [1.807, 2.05) is 40.7 Å². The average Bonchev–Trinajstić information content (AvgIpc) is 3.32. The van der Waals surface area contributed by atoms with Gasteiger partial charge in [0.2, 0.25) is 0 Å². The zero-order chi connectivity index (χ0) is 22.8. The Bertz CT molecular complexity index is 1110. The Kier molecular flexibility index (Phi) is 4.84. The monoisotopic (exact) mass is 450 g/mol. The van der Waals surface area contributed by atoms with Crippen LogP contribution in [0.5, 0.6) is 0 Å². The van der Waals surface area contributed by atoms with Crippen molar-refractivity contribution in [3.8, 4) is 0 Å². The fourth-order valence-corrected chi connectivity index (χ4v) is 8.18. The summed E-state index contributed by atoms with van der Waals surface area (Å²) in [6.07, 6.45) is 10.2. The summed E-state index contributed by atoms with van der Waals surface area (Å²) in [5.74, 6) is 2.51. The van der Waals surface area contributed by atoms with Gasteiger partial charge in [0.15, 0.2) is 0 Å². The number of imidazole rings is 1. The average molecular weight is 451 g/mol. The molecule has 1 spiro atoms. The van der Waals surface area contributed by atoms with E-state index >= 15 is 0 Å². The van der Waals surface area contributed by atoms with Crippen molar-refractivity contribution < 1.29 is 14.3 Å². The van der Waals surface area contributed by atoms with Gasteiger partial charge in [-0.15, -0.1) is 0 Å². The van der Waals surface area contributed by atoms with Crippen LogP contribution in [0, 0.1) is 28.6 Å². The van der Waals surface area contributed by atoms with Gasteiger partial charge in [-0.05, 0) is 93.2 Å². The van der Waals surface area contributed by atoms with Crippen molar-refractivity contribution >= 4 is 17.5 Å².